The van der Waals surface area contributed by atoms with Crippen LogP contribution in [0.5, 0.6) is 0 Å². The maximum absolute atomic E-state index is 10.7. The molecule has 0 saturated carbocycles. The second kappa shape index (κ2) is 5.66. The molecule has 3 nitrogen and oxygen atoms in total. The van der Waals surface area contributed by atoms with Crippen molar-refractivity contribution in [2.24, 2.45) is 0 Å². The predicted molar refractivity (Wildman–Crippen MR) is 63.8 cm³/mol. The maximum Gasteiger partial charge on any atom is 0.302 e. The smallest absolute Gasteiger partial charge is 0.302 e. The summed E-state index contributed by atoms with van der Waals surface area (Å²) in [7, 11) is 4.27. The molecule has 0 heterocycles. The molecule has 0 radical (unpaired) electrons. The van der Waals surface area contributed by atoms with E-state index >= 15 is 0 Å². The third kappa shape index (κ3) is 4.94. The highest BCUT2D eigenvalue weighted by atomic mass is 16.5. The largest absolute Gasteiger partial charge is 0.460 e. The van der Waals surface area contributed by atoms with Crippen LogP contribution >= 0.6 is 0 Å². The molecule has 1 aromatic rings. The van der Waals surface area contributed by atoms with Crippen LogP contribution in [0.1, 0.15) is 12.5 Å². The molecule has 0 bridgehead atoms. The van der Waals surface area contributed by atoms with Crippen molar-refractivity contribution in [2.45, 2.75) is 13.5 Å². The number of carbonyl (C=O) groups excluding carboxylic acids is 1. The number of hydrogen-bond acceptors (Lipinski definition) is 2. The van der Waals surface area contributed by atoms with E-state index in [0.717, 1.165) is 17.6 Å². The van der Waals surface area contributed by atoms with E-state index in [2.05, 4.69) is 26.2 Å². The summed E-state index contributed by atoms with van der Waals surface area (Å²) >= 11 is 0. The number of ether oxygens (including phenoxy) is 1. The normalized spacial score (nSPS) is 11.2. The topological polar surface area (TPSA) is 26.3 Å². The van der Waals surface area contributed by atoms with Crippen molar-refractivity contribution < 1.29 is 14.0 Å². The summed E-state index contributed by atoms with van der Waals surface area (Å²) in [6.45, 7) is 3.70. The van der Waals surface area contributed by atoms with Gasteiger partial charge in [-0.1, -0.05) is 30.3 Å². The standard InChI is InChI=1S/C13H20NO2/c1-12(15)16-10-9-14(2,3)11-13-7-5-4-6-8-13/h4-8H,9-11H2,1-3H3/q+1. The molecule has 0 aliphatic rings. The fourth-order valence-corrected chi connectivity index (χ4v) is 1.59. The van der Waals surface area contributed by atoms with Gasteiger partial charge in [0.1, 0.15) is 19.7 Å². The molecule has 0 fully saturated rings. The zero-order chi connectivity index (χ0) is 12.0. The highest BCUT2D eigenvalue weighted by Gasteiger charge is 2.15. The van der Waals surface area contributed by atoms with Gasteiger partial charge in [0.05, 0.1) is 14.1 Å². The first-order chi connectivity index (χ1) is 7.49. The van der Waals surface area contributed by atoms with Crippen molar-refractivity contribution in [1.82, 2.24) is 0 Å². The van der Waals surface area contributed by atoms with E-state index < -0.39 is 0 Å². The van der Waals surface area contributed by atoms with Gasteiger partial charge in [-0.15, -0.1) is 0 Å². The molecule has 0 aliphatic heterocycles. The first kappa shape index (κ1) is 12.7. The Kier molecular flexibility index (Phi) is 4.50. The molecule has 1 aromatic carbocycles. The zero-order valence-electron chi connectivity index (χ0n) is 10.3. The summed E-state index contributed by atoms with van der Waals surface area (Å²) in [5.74, 6) is -0.209. The SMILES string of the molecule is CC(=O)OCC[N+](C)(C)Cc1ccccc1. The van der Waals surface area contributed by atoms with Crippen molar-refractivity contribution in [3.8, 4) is 0 Å². The molecule has 0 spiro atoms. The summed E-state index contributed by atoms with van der Waals surface area (Å²) in [5.41, 5.74) is 1.30. The molecule has 16 heavy (non-hydrogen) atoms. The summed E-state index contributed by atoms with van der Waals surface area (Å²) in [4.78, 5) is 10.7. The van der Waals surface area contributed by atoms with E-state index in [4.69, 9.17) is 4.74 Å². The van der Waals surface area contributed by atoms with Crippen LogP contribution in [0.25, 0.3) is 0 Å². The number of hydrogen-bond donors (Lipinski definition) is 0. The zero-order valence-corrected chi connectivity index (χ0v) is 10.3. The fourth-order valence-electron chi connectivity index (χ4n) is 1.59. The molecular weight excluding hydrogens is 202 g/mol. The third-order valence-corrected chi connectivity index (χ3v) is 2.46. The van der Waals surface area contributed by atoms with Crippen molar-refractivity contribution in [3.05, 3.63) is 35.9 Å². The van der Waals surface area contributed by atoms with Crippen molar-refractivity contribution >= 4 is 5.97 Å². The fraction of sp³-hybridized carbons (Fsp3) is 0.462. The van der Waals surface area contributed by atoms with Gasteiger partial charge in [-0.05, 0) is 0 Å². The van der Waals surface area contributed by atoms with E-state index in [0.29, 0.717) is 6.61 Å². The van der Waals surface area contributed by atoms with Gasteiger partial charge in [0.25, 0.3) is 0 Å². The molecule has 0 aliphatic carbocycles. The van der Waals surface area contributed by atoms with Gasteiger partial charge < -0.3 is 9.22 Å². The minimum absolute atomic E-state index is 0.209. The van der Waals surface area contributed by atoms with Crippen LogP contribution < -0.4 is 0 Å². The highest BCUT2D eigenvalue weighted by Crippen LogP contribution is 2.08. The number of benzene rings is 1. The van der Waals surface area contributed by atoms with Gasteiger partial charge in [-0.2, -0.15) is 0 Å². The molecule has 88 valence electrons. The number of likely N-dealkylation sites (N-methyl/N-ethyl adjacent to an activating group) is 1. The van der Waals surface area contributed by atoms with Crippen LogP contribution in [0.2, 0.25) is 0 Å². The Hall–Kier alpha value is -1.35. The van der Waals surface area contributed by atoms with Crippen LogP contribution in [-0.4, -0.2) is 37.7 Å². The second-order valence-corrected chi connectivity index (χ2v) is 4.64. The average molecular weight is 222 g/mol. The van der Waals surface area contributed by atoms with Crippen LogP contribution in [-0.2, 0) is 16.1 Å². The van der Waals surface area contributed by atoms with E-state index in [9.17, 15) is 4.79 Å². The summed E-state index contributed by atoms with van der Waals surface area (Å²) in [6.07, 6.45) is 0. The summed E-state index contributed by atoms with van der Waals surface area (Å²) in [5, 5.41) is 0. The average Bonchev–Trinajstić information content (AvgIpc) is 2.17. The summed E-state index contributed by atoms with van der Waals surface area (Å²) in [6, 6.07) is 10.3. The molecule has 0 aromatic heterocycles. The van der Waals surface area contributed by atoms with Crippen LogP contribution in [0.3, 0.4) is 0 Å². The Morgan fingerprint density at radius 1 is 1.25 bits per heavy atom. The van der Waals surface area contributed by atoms with Crippen molar-refractivity contribution in [3.63, 3.8) is 0 Å². The van der Waals surface area contributed by atoms with E-state index in [1.54, 1.807) is 0 Å². The summed E-state index contributed by atoms with van der Waals surface area (Å²) < 4.78 is 5.78. The van der Waals surface area contributed by atoms with Crippen molar-refractivity contribution in [1.29, 1.82) is 0 Å². The molecule has 3 heteroatoms. The molecule has 0 atom stereocenters. The molecule has 0 saturated heterocycles. The Labute approximate surface area is 97.2 Å². The minimum atomic E-state index is -0.209. The quantitative estimate of drug-likeness (QED) is 0.561. The van der Waals surface area contributed by atoms with Crippen LogP contribution in [0.4, 0.5) is 0 Å². The lowest BCUT2D eigenvalue weighted by atomic mass is 10.2. The lowest BCUT2D eigenvalue weighted by Crippen LogP contribution is -2.41. The predicted octanol–water partition coefficient (Wildman–Crippen LogP) is 1.83. The van der Waals surface area contributed by atoms with Gasteiger partial charge >= 0.3 is 5.97 Å². The molecule has 0 amide bonds. The minimum Gasteiger partial charge on any atom is -0.460 e. The Balaban J connectivity index is 2.42. The lowest BCUT2D eigenvalue weighted by molar-refractivity contribution is -0.903. The van der Waals surface area contributed by atoms with Gasteiger partial charge in [0, 0.05) is 12.5 Å². The highest BCUT2D eigenvalue weighted by molar-refractivity contribution is 5.65. The molecular formula is C13H20NO2+. The molecule has 0 N–H and O–H groups in total. The third-order valence-electron chi connectivity index (χ3n) is 2.46. The Morgan fingerprint density at radius 3 is 2.44 bits per heavy atom. The Morgan fingerprint density at radius 2 is 1.88 bits per heavy atom. The molecule has 0 unspecified atom stereocenters. The number of esters is 1. The number of carbonyl (C=O) groups is 1. The Bertz CT molecular complexity index is 333. The van der Waals surface area contributed by atoms with Crippen LogP contribution in [0, 0.1) is 0 Å². The first-order valence-corrected chi connectivity index (χ1v) is 5.49. The monoisotopic (exact) mass is 222 g/mol. The van der Waals surface area contributed by atoms with Gasteiger partial charge in [-0.25, -0.2) is 0 Å². The van der Waals surface area contributed by atoms with Crippen molar-refractivity contribution in [2.75, 3.05) is 27.2 Å². The molecule has 1 rings (SSSR count). The maximum atomic E-state index is 10.7. The first-order valence-electron chi connectivity index (χ1n) is 5.49. The van der Waals surface area contributed by atoms with E-state index in [1.807, 2.05) is 18.2 Å². The number of rotatable bonds is 5. The van der Waals surface area contributed by atoms with Gasteiger partial charge in [0.15, 0.2) is 0 Å². The number of nitrogens with zero attached hydrogens (tertiary/aromatic N) is 1. The second-order valence-electron chi connectivity index (χ2n) is 4.64. The van der Waals surface area contributed by atoms with Gasteiger partial charge in [0.2, 0.25) is 0 Å². The van der Waals surface area contributed by atoms with E-state index in [-0.39, 0.29) is 5.97 Å². The van der Waals surface area contributed by atoms with E-state index in [1.165, 1.54) is 12.5 Å². The number of quaternary nitrogens is 1. The van der Waals surface area contributed by atoms with Gasteiger partial charge in [-0.3, -0.25) is 4.79 Å². The van der Waals surface area contributed by atoms with Crippen LogP contribution in [0.15, 0.2) is 30.3 Å². The lowest BCUT2D eigenvalue weighted by Gasteiger charge is -2.29.